The van der Waals surface area contributed by atoms with Crippen molar-refractivity contribution in [1.29, 1.82) is 0 Å². The number of ether oxygens (including phenoxy) is 2. The maximum Gasteiger partial charge on any atom is 0.265 e. The average molecular weight is 477 g/mol. The van der Waals surface area contributed by atoms with Gasteiger partial charge in [0, 0.05) is 30.4 Å². The second kappa shape index (κ2) is 10.8. The Kier molecular flexibility index (Phi) is 7.35. The van der Waals surface area contributed by atoms with Crippen LogP contribution in [0.25, 0.3) is 0 Å². The third-order valence-corrected chi connectivity index (χ3v) is 5.52. The summed E-state index contributed by atoms with van der Waals surface area (Å²) in [4.78, 5) is 43.8. The minimum absolute atomic E-state index is 0.209. The van der Waals surface area contributed by atoms with Crippen molar-refractivity contribution < 1.29 is 28.2 Å². The van der Waals surface area contributed by atoms with Gasteiger partial charge in [0.05, 0.1) is 5.69 Å². The zero-order valence-electron chi connectivity index (χ0n) is 19.1. The first-order chi connectivity index (χ1) is 16.9. The van der Waals surface area contributed by atoms with E-state index in [9.17, 15) is 18.8 Å². The molecule has 180 valence electrons. The number of carbonyl (C=O) groups is 3. The molecule has 3 aromatic rings. The highest BCUT2D eigenvalue weighted by Gasteiger charge is 2.33. The molecule has 1 aromatic heterocycles. The van der Waals surface area contributed by atoms with E-state index in [1.54, 1.807) is 25.3 Å². The van der Waals surface area contributed by atoms with Gasteiger partial charge in [-0.1, -0.05) is 6.07 Å². The van der Waals surface area contributed by atoms with Crippen LogP contribution < -0.4 is 19.7 Å². The van der Waals surface area contributed by atoms with Crippen molar-refractivity contribution in [3.8, 4) is 11.5 Å². The molecule has 1 aliphatic heterocycles. The van der Waals surface area contributed by atoms with Crippen molar-refractivity contribution in [2.24, 2.45) is 0 Å². The van der Waals surface area contributed by atoms with Crippen molar-refractivity contribution in [2.75, 3.05) is 24.7 Å². The van der Waals surface area contributed by atoms with E-state index in [-0.39, 0.29) is 30.5 Å². The molecule has 0 spiro atoms. The Bertz CT molecular complexity index is 1220. The largest absolute Gasteiger partial charge is 0.485 e. The predicted molar refractivity (Wildman–Crippen MR) is 126 cm³/mol. The summed E-state index contributed by atoms with van der Waals surface area (Å²) in [7, 11) is 0. The van der Waals surface area contributed by atoms with Crippen LogP contribution in [-0.2, 0) is 16.0 Å². The molecule has 0 radical (unpaired) electrons. The van der Waals surface area contributed by atoms with Crippen LogP contribution >= 0.6 is 0 Å². The summed E-state index contributed by atoms with van der Waals surface area (Å²) in [5.41, 5.74) is 1.47. The van der Waals surface area contributed by atoms with Gasteiger partial charge in [-0.3, -0.25) is 24.3 Å². The molecule has 1 unspecified atom stereocenters. The van der Waals surface area contributed by atoms with E-state index < -0.39 is 17.8 Å². The quantitative estimate of drug-likeness (QED) is 0.476. The zero-order chi connectivity index (χ0) is 24.8. The molecule has 2 heterocycles. The summed E-state index contributed by atoms with van der Waals surface area (Å²) in [5, 5.41) is 2.83. The Hall–Kier alpha value is -4.27. The van der Waals surface area contributed by atoms with Gasteiger partial charge < -0.3 is 14.8 Å². The van der Waals surface area contributed by atoms with E-state index in [1.165, 1.54) is 35.2 Å². The number of halogens is 1. The Balaban J connectivity index is 1.44. The molecule has 0 aliphatic carbocycles. The Morgan fingerprint density at radius 3 is 2.71 bits per heavy atom. The number of hydrogen-bond acceptors (Lipinski definition) is 6. The molecule has 4 rings (SSSR count). The first kappa shape index (κ1) is 23.9. The number of amides is 2. The third kappa shape index (κ3) is 5.81. The molecule has 1 atom stereocenters. The second-order valence-corrected chi connectivity index (χ2v) is 7.94. The van der Waals surface area contributed by atoms with Gasteiger partial charge in [-0.05, 0) is 61.5 Å². The number of pyridine rings is 1. The SMILES string of the molecule is CC(C(=O)NCCc1ccccn1)N1C(=O)COc2ccc(C(=O)COc3ccc(F)cc3)cc21. The Labute approximate surface area is 201 Å². The molecule has 0 fully saturated rings. The number of anilines is 1. The van der Waals surface area contributed by atoms with Crippen molar-refractivity contribution in [2.45, 2.75) is 19.4 Å². The molecule has 8 nitrogen and oxygen atoms in total. The number of nitrogens with zero attached hydrogens (tertiary/aromatic N) is 2. The predicted octanol–water partition coefficient (Wildman–Crippen LogP) is 2.96. The Morgan fingerprint density at radius 1 is 1.17 bits per heavy atom. The van der Waals surface area contributed by atoms with Gasteiger partial charge in [0.25, 0.3) is 5.91 Å². The van der Waals surface area contributed by atoms with Crippen LogP contribution in [0.4, 0.5) is 10.1 Å². The van der Waals surface area contributed by atoms with Crippen LogP contribution in [0.15, 0.2) is 66.9 Å². The molecular formula is C26H24FN3O5. The number of carbonyl (C=O) groups excluding carboxylic acids is 3. The van der Waals surface area contributed by atoms with Crippen LogP contribution in [0.1, 0.15) is 23.0 Å². The van der Waals surface area contributed by atoms with Crippen molar-refractivity contribution in [1.82, 2.24) is 10.3 Å². The van der Waals surface area contributed by atoms with E-state index in [1.807, 2.05) is 18.2 Å². The minimum atomic E-state index is -0.824. The highest BCUT2D eigenvalue weighted by molar-refractivity contribution is 6.05. The van der Waals surface area contributed by atoms with Gasteiger partial charge in [0.15, 0.2) is 19.0 Å². The molecule has 9 heteroatoms. The topological polar surface area (TPSA) is 97.8 Å². The molecule has 1 aliphatic rings. The summed E-state index contributed by atoms with van der Waals surface area (Å²) >= 11 is 0. The lowest BCUT2D eigenvalue weighted by molar-refractivity contribution is -0.127. The lowest BCUT2D eigenvalue weighted by Crippen LogP contribution is -2.51. The van der Waals surface area contributed by atoms with E-state index in [2.05, 4.69) is 10.3 Å². The standard InChI is InChI=1S/C26H24FN3O5/c1-17(26(33)29-13-11-20-4-2-3-12-28-20)30-22-14-18(5-10-24(22)35-16-25(30)32)23(31)15-34-21-8-6-19(27)7-9-21/h2-10,12,14,17H,11,13,15-16H2,1H3,(H,29,33). The minimum Gasteiger partial charge on any atom is -0.485 e. The van der Waals surface area contributed by atoms with E-state index in [0.717, 1.165) is 5.69 Å². The maximum absolute atomic E-state index is 13.0. The van der Waals surface area contributed by atoms with Crippen LogP contribution in [0, 0.1) is 5.82 Å². The number of fused-ring (bicyclic) bond motifs is 1. The maximum atomic E-state index is 13.0. The number of Topliss-reactive ketones (excluding diaryl/α,β-unsaturated/α-hetero) is 1. The fourth-order valence-corrected chi connectivity index (χ4v) is 3.66. The smallest absolute Gasteiger partial charge is 0.265 e. The first-order valence-electron chi connectivity index (χ1n) is 11.1. The second-order valence-electron chi connectivity index (χ2n) is 7.94. The first-order valence-corrected chi connectivity index (χ1v) is 11.1. The molecule has 0 saturated carbocycles. The summed E-state index contributed by atoms with van der Waals surface area (Å²) in [6.07, 6.45) is 2.24. The van der Waals surface area contributed by atoms with Gasteiger partial charge in [-0.2, -0.15) is 0 Å². The summed E-state index contributed by atoms with van der Waals surface area (Å²) in [6, 6.07) is 14.7. The average Bonchev–Trinajstić information content (AvgIpc) is 2.88. The van der Waals surface area contributed by atoms with Gasteiger partial charge in [0.2, 0.25) is 5.91 Å². The number of hydrogen-bond donors (Lipinski definition) is 1. The van der Waals surface area contributed by atoms with Crippen molar-refractivity contribution in [3.63, 3.8) is 0 Å². The van der Waals surface area contributed by atoms with E-state index in [0.29, 0.717) is 30.2 Å². The van der Waals surface area contributed by atoms with Gasteiger partial charge >= 0.3 is 0 Å². The van der Waals surface area contributed by atoms with Gasteiger partial charge in [0.1, 0.15) is 23.4 Å². The molecule has 1 N–H and O–H groups in total. The molecular weight excluding hydrogens is 453 g/mol. The van der Waals surface area contributed by atoms with Crippen LogP contribution in [0.3, 0.4) is 0 Å². The molecule has 0 bridgehead atoms. The summed E-state index contributed by atoms with van der Waals surface area (Å²) in [6.45, 7) is 1.50. The highest BCUT2D eigenvalue weighted by atomic mass is 19.1. The van der Waals surface area contributed by atoms with Crippen LogP contribution in [-0.4, -0.2) is 48.4 Å². The molecule has 2 amide bonds. The van der Waals surface area contributed by atoms with E-state index in [4.69, 9.17) is 9.47 Å². The molecule has 35 heavy (non-hydrogen) atoms. The number of benzene rings is 2. The number of rotatable bonds is 9. The van der Waals surface area contributed by atoms with Crippen molar-refractivity contribution >= 4 is 23.3 Å². The summed E-state index contributed by atoms with van der Waals surface area (Å²) in [5.74, 6) is -0.723. The fourth-order valence-electron chi connectivity index (χ4n) is 3.66. The lowest BCUT2D eigenvalue weighted by Gasteiger charge is -2.33. The van der Waals surface area contributed by atoms with Crippen molar-refractivity contribution in [3.05, 3.63) is 83.9 Å². The monoisotopic (exact) mass is 477 g/mol. The third-order valence-electron chi connectivity index (χ3n) is 5.52. The zero-order valence-corrected chi connectivity index (χ0v) is 19.1. The number of aromatic nitrogens is 1. The van der Waals surface area contributed by atoms with Crippen LogP contribution in [0.5, 0.6) is 11.5 Å². The lowest BCUT2D eigenvalue weighted by atomic mass is 10.1. The molecule has 2 aromatic carbocycles. The highest BCUT2D eigenvalue weighted by Crippen LogP contribution is 2.34. The fraction of sp³-hybridized carbons (Fsp3) is 0.231. The normalized spacial score (nSPS) is 13.4. The van der Waals surface area contributed by atoms with Gasteiger partial charge in [-0.25, -0.2) is 4.39 Å². The summed E-state index contributed by atoms with van der Waals surface area (Å²) < 4.78 is 24.0. The van der Waals surface area contributed by atoms with Gasteiger partial charge in [-0.15, -0.1) is 0 Å². The molecule has 0 saturated heterocycles. The van der Waals surface area contributed by atoms with E-state index >= 15 is 0 Å². The number of nitrogens with one attached hydrogen (secondary N) is 1. The number of ketones is 1. The van der Waals surface area contributed by atoms with Crippen LogP contribution in [0.2, 0.25) is 0 Å². The Morgan fingerprint density at radius 2 is 1.97 bits per heavy atom.